The van der Waals surface area contributed by atoms with E-state index in [9.17, 15) is 4.79 Å². The van der Waals surface area contributed by atoms with Crippen molar-refractivity contribution >= 4 is 16.8 Å². The van der Waals surface area contributed by atoms with Crippen LogP contribution in [-0.2, 0) is 11.8 Å². The molecule has 1 unspecified atom stereocenters. The number of ether oxygens (including phenoxy) is 1. The van der Waals surface area contributed by atoms with E-state index in [1.165, 1.54) is 25.9 Å². The van der Waals surface area contributed by atoms with Gasteiger partial charge < -0.3 is 9.64 Å². The number of aromatic nitrogens is 2. The third kappa shape index (κ3) is 2.39. The Morgan fingerprint density at radius 1 is 1.24 bits per heavy atom. The standard InChI is InChI=1S/C19H24N4O2/c1-21-16-7-3-2-6-15(16)17(20-21)18(24)23-12-19(13-23)10-14(11-25-19)22-8-4-5-9-22/h2-3,6-7,14H,4-5,8-13H2,1H3. The molecule has 1 atom stereocenters. The van der Waals surface area contributed by atoms with Crippen molar-refractivity contribution in [2.45, 2.75) is 30.9 Å². The number of aryl methyl sites for hydroxylation is 1. The minimum Gasteiger partial charge on any atom is -0.370 e. The van der Waals surface area contributed by atoms with Gasteiger partial charge in [-0.15, -0.1) is 0 Å². The third-order valence-corrected chi connectivity index (χ3v) is 6.05. The quantitative estimate of drug-likeness (QED) is 0.834. The second kappa shape index (κ2) is 5.54. The largest absolute Gasteiger partial charge is 0.370 e. The van der Waals surface area contributed by atoms with Crippen LogP contribution in [-0.4, -0.2) is 69.9 Å². The van der Waals surface area contributed by atoms with Gasteiger partial charge in [0.2, 0.25) is 0 Å². The Morgan fingerprint density at radius 3 is 2.80 bits per heavy atom. The fraction of sp³-hybridized carbons (Fsp3) is 0.579. The number of likely N-dealkylation sites (tertiary alicyclic amines) is 2. The molecule has 0 radical (unpaired) electrons. The van der Waals surface area contributed by atoms with E-state index in [-0.39, 0.29) is 11.5 Å². The second-order valence-electron chi connectivity index (χ2n) is 7.75. The lowest BCUT2D eigenvalue weighted by Crippen LogP contribution is -2.63. The zero-order valence-electron chi connectivity index (χ0n) is 14.6. The first-order valence-electron chi connectivity index (χ1n) is 9.24. The first-order chi connectivity index (χ1) is 12.2. The molecule has 1 aromatic carbocycles. The molecule has 6 heteroatoms. The van der Waals surface area contributed by atoms with Crippen molar-refractivity contribution in [3.8, 4) is 0 Å². The number of para-hydroxylation sites is 1. The van der Waals surface area contributed by atoms with Crippen molar-refractivity contribution in [1.29, 1.82) is 0 Å². The van der Waals surface area contributed by atoms with Crippen LogP contribution in [0.5, 0.6) is 0 Å². The van der Waals surface area contributed by atoms with Crippen LogP contribution in [0.2, 0.25) is 0 Å². The molecular formula is C19H24N4O2. The van der Waals surface area contributed by atoms with E-state index in [1.807, 2.05) is 36.2 Å². The topological polar surface area (TPSA) is 50.6 Å². The minimum atomic E-state index is -0.118. The molecule has 3 saturated heterocycles. The Morgan fingerprint density at radius 2 is 2.00 bits per heavy atom. The molecule has 2 aromatic rings. The average molecular weight is 340 g/mol. The van der Waals surface area contributed by atoms with Crippen LogP contribution < -0.4 is 0 Å². The van der Waals surface area contributed by atoms with E-state index in [0.29, 0.717) is 24.8 Å². The summed E-state index contributed by atoms with van der Waals surface area (Å²) < 4.78 is 7.93. The summed E-state index contributed by atoms with van der Waals surface area (Å²) >= 11 is 0. The Balaban J connectivity index is 1.29. The Labute approximate surface area is 147 Å². The number of benzene rings is 1. The summed E-state index contributed by atoms with van der Waals surface area (Å²) in [6, 6.07) is 8.44. The zero-order chi connectivity index (χ0) is 17.0. The molecule has 1 spiro atoms. The van der Waals surface area contributed by atoms with Crippen molar-refractivity contribution in [3.63, 3.8) is 0 Å². The van der Waals surface area contributed by atoms with Crippen LogP contribution in [0.15, 0.2) is 24.3 Å². The van der Waals surface area contributed by atoms with Crippen molar-refractivity contribution in [2.24, 2.45) is 7.05 Å². The highest BCUT2D eigenvalue weighted by atomic mass is 16.5. The maximum atomic E-state index is 12.9. The molecule has 4 heterocycles. The summed E-state index contributed by atoms with van der Waals surface area (Å²) in [5.41, 5.74) is 1.43. The molecule has 25 heavy (non-hydrogen) atoms. The smallest absolute Gasteiger partial charge is 0.275 e. The third-order valence-electron chi connectivity index (χ3n) is 6.05. The summed E-state index contributed by atoms with van der Waals surface area (Å²) in [5.74, 6) is 0.0237. The van der Waals surface area contributed by atoms with Crippen LogP contribution in [0.25, 0.3) is 10.9 Å². The molecule has 3 aliphatic rings. The molecule has 132 valence electrons. The SMILES string of the molecule is Cn1nc(C(=O)N2CC3(CC(N4CCCC4)CO3)C2)c2ccccc21. The van der Waals surface area contributed by atoms with Gasteiger partial charge in [0.1, 0.15) is 5.60 Å². The summed E-state index contributed by atoms with van der Waals surface area (Å²) in [6.45, 7) is 4.61. The molecule has 3 fully saturated rings. The summed E-state index contributed by atoms with van der Waals surface area (Å²) in [5, 5.41) is 5.39. The second-order valence-corrected chi connectivity index (χ2v) is 7.75. The van der Waals surface area contributed by atoms with Gasteiger partial charge in [0, 0.05) is 18.5 Å². The molecule has 0 N–H and O–H groups in total. The number of amides is 1. The Hall–Kier alpha value is -1.92. The van der Waals surface area contributed by atoms with Crippen LogP contribution in [0.1, 0.15) is 29.8 Å². The van der Waals surface area contributed by atoms with Crippen molar-refractivity contribution in [1.82, 2.24) is 19.6 Å². The number of carbonyl (C=O) groups is 1. The van der Waals surface area contributed by atoms with Gasteiger partial charge in [-0.2, -0.15) is 5.10 Å². The van der Waals surface area contributed by atoms with E-state index in [0.717, 1.165) is 23.9 Å². The van der Waals surface area contributed by atoms with Gasteiger partial charge in [-0.3, -0.25) is 14.4 Å². The highest BCUT2D eigenvalue weighted by Gasteiger charge is 2.52. The molecule has 0 bridgehead atoms. The van der Waals surface area contributed by atoms with Gasteiger partial charge in [0.25, 0.3) is 5.91 Å². The summed E-state index contributed by atoms with van der Waals surface area (Å²) in [7, 11) is 1.89. The fourth-order valence-electron chi connectivity index (χ4n) is 4.70. The summed E-state index contributed by atoms with van der Waals surface area (Å²) in [6.07, 6.45) is 3.67. The molecule has 6 nitrogen and oxygen atoms in total. The minimum absolute atomic E-state index is 0.0237. The van der Waals surface area contributed by atoms with Crippen LogP contribution in [0, 0.1) is 0 Å². The van der Waals surface area contributed by atoms with Gasteiger partial charge in [-0.1, -0.05) is 18.2 Å². The van der Waals surface area contributed by atoms with E-state index in [4.69, 9.17) is 4.74 Å². The van der Waals surface area contributed by atoms with Gasteiger partial charge >= 0.3 is 0 Å². The highest BCUT2D eigenvalue weighted by Crippen LogP contribution is 2.38. The van der Waals surface area contributed by atoms with Crippen LogP contribution in [0.4, 0.5) is 0 Å². The molecule has 1 amide bonds. The number of fused-ring (bicyclic) bond motifs is 1. The summed E-state index contributed by atoms with van der Waals surface area (Å²) in [4.78, 5) is 17.4. The molecule has 3 aliphatic heterocycles. The predicted octanol–water partition coefficient (Wildman–Crippen LogP) is 1.65. The fourth-order valence-corrected chi connectivity index (χ4v) is 4.70. The first-order valence-corrected chi connectivity index (χ1v) is 9.24. The van der Waals surface area contributed by atoms with Gasteiger partial charge in [0.15, 0.2) is 5.69 Å². The van der Waals surface area contributed by atoms with Gasteiger partial charge in [0.05, 0.1) is 25.2 Å². The van der Waals surface area contributed by atoms with Crippen molar-refractivity contribution in [3.05, 3.63) is 30.0 Å². The first kappa shape index (κ1) is 15.3. The maximum absolute atomic E-state index is 12.9. The van der Waals surface area contributed by atoms with Crippen molar-refractivity contribution < 1.29 is 9.53 Å². The lowest BCUT2D eigenvalue weighted by atomic mass is 9.88. The molecule has 0 aliphatic carbocycles. The zero-order valence-corrected chi connectivity index (χ0v) is 14.6. The van der Waals surface area contributed by atoms with Crippen LogP contribution >= 0.6 is 0 Å². The van der Waals surface area contributed by atoms with Crippen molar-refractivity contribution in [2.75, 3.05) is 32.8 Å². The monoisotopic (exact) mass is 340 g/mol. The lowest BCUT2D eigenvalue weighted by Gasteiger charge is -2.47. The predicted molar refractivity (Wildman–Crippen MR) is 94.5 cm³/mol. The van der Waals surface area contributed by atoms with E-state index in [1.54, 1.807) is 4.68 Å². The maximum Gasteiger partial charge on any atom is 0.275 e. The highest BCUT2D eigenvalue weighted by molar-refractivity contribution is 6.05. The number of nitrogens with zero attached hydrogens (tertiary/aromatic N) is 4. The average Bonchev–Trinajstić information content (AvgIpc) is 3.31. The molecular weight excluding hydrogens is 316 g/mol. The Bertz CT molecular complexity index is 818. The molecule has 5 rings (SSSR count). The lowest BCUT2D eigenvalue weighted by molar-refractivity contribution is -0.0951. The van der Waals surface area contributed by atoms with Crippen LogP contribution in [0.3, 0.4) is 0 Å². The molecule has 0 saturated carbocycles. The number of rotatable bonds is 2. The van der Waals surface area contributed by atoms with E-state index < -0.39 is 0 Å². The normalized spacial score (nSPS) is 25.8. The van der Waals surface area contributed by atoms with E-state index >= 15 is 0 Å². The number of hydrogen-bond donors (Lipinski definition) is 0. The number of carbonyl (C=O) groups excluding carboxylic acids is 1. The molecule has 1 aromatic heterocycles. The number of hydrogen-bond acceptors (Lipinski definition) is 4. The Kier molecular flexibility index (Phi) is 3.40. The van der Waals surface area contributed by atoms with Gasteiger partial charge in [-0.05, 0) is 38.4 Å². The van der Waals surface area contributed by atoms with Gasteiger partial charge in [-0.25, -0.2) is 0 Å². The van der Waals surface area contributed by atoms with E-state index in [2.05, 4.69) is 10.00 Å².